The minimum atomic E-state index is -1.06. The fourth-order valence-corrected chi connectivity index (χ4v) is 12.6. The predicted octanol–water partition coefficient (Wildman–Crippen LogP) is 3.77. The Morgan fingerprint density at radius 1 is 0.623 bits per heavy atom. The number of hydrogen-bond acceptors (Lipinski definition) is 24. The van der Waals surface area contributed by atoms with Gasteiger partial charge in [-0.1, -0.05) is 65.5 Å². The molecule has 0 spiro atoms. The third-order valence-electron chi connectivity index (χ3n) is 19.9. The number of ketones is 1. The van der Waals surface area contributed by atoms with Crippen LogP contribution in [0.4, 0.5) is 20.2 Å². The summed E-state index contributed by atoms with van der Waals surface area (Å²) in [6.45, 7) is 27.2. The number of anilines is 1. The summed E-state index contributed by atoms with van der Waals surface area (Å²) < 4.78 is 17.1. The summed E-state index contributed by atoms with van der Waals surface area (Å²) in [7, 11) is 1.00. The zero-order valence-corrected chi connectivity index (χ0v) is 72.5. The monoisotopic (exact) mass is 1720 g/mol. The molecule has 10 fully saturated rings. The van der Waals surface area contributed by atoms with E-state index in [1.807, 2.05) is 69.5 Å². The number of halogens is 3. The maximum Gasteiger partial charge on any atom is 2.00 e. The normalized spacial score (nSPS) is 19.2. The Kier molecular flexibility index (Phi) is 41.9. The number of aryl methyl sites for hydroxylation is 2. The number of aliphatic hydroxyl groups excluding tert-OH is 1. The van der Waals surface area contributed by atoms with Crippen LogP contribution in [0.1, 0.15) is 185 Å². The van der Waals surface area contributed by atoms with Crippen LogP contribution < -0.4 is 44.0 Å². The molecule has 12 N–H and O–H groups in total. The Hall–Kier alpha value is -6.44. The number of hydrogen-bond donors (Lipinski definition) is 11. The first-order valence-corrected chi connectivity index (χ1v) is 38.4. The van der Waals surface area contributed by atoms with Crippen LogP contribution in [-0.4, -0.2) is 281 Å². The van der Waals surface area contributed by atoms with Gasteiger partial charge in [-0.25, -0.2) is 56.9 Å². The van der Waals surface area contributed by atoms with Gasteiger partial charge in [-0.3, -0.25) is 24.1 Å². The first kappa shape index (κ1) is 104. The fraction of sp³-hybridized carbons (Fsp3) is 0.692. The molecule has 638 valence electrons. The average molecular weight is 1720 g/mol. The number of carbonyl (C=O) groups excluding carboxylic acids is 7. The molecule has 3 aromatic heterocycles. The molecule has 6 amide bonds. The van der Waals surface area contributed by atoms with Crippen LogP contribution in [-0.2, 0) is 51.3 Å². The summed E-state index contributed by atoms with van der Waals surface area (Å²) >= 11 is 0. The number of nitrogens with zero attached hydrogens (tertiary/aromatic N) is 10. The Labute approximate surface area is 710 Å². The largest absolute Gasteiger partial charge is 2.00 e. The van der Waals surface area contributed by atoms with E-state index in [1.165, 1.54) is 36.9 Å². The number of likely N-dealkylation sites (tertiary alicyclic amines) is 4. The minimum absolute atomic E-state index is 0. The van der Waals surface area contributed by atoms with Gasteiger partial charge in [-0.2, -0.15) is 0 Å². The number of carbonyl (C=O) groups is 8. The third kappa shape index (κ3) is 30.8. The number of aliphatic hydroxyl groups is 5. The predicted molar refractivity (Wildman–Crippen MR) is 432 cm³/mol. The van der Waals surface area contributed by atoms with Crippen LogP contribution in [0, 0.1) is 37.0 Å². The maximum atomic E-state index is 13.1. The zero-order valence-electron chi connectivity index (χ0n) is 67.8. The topological polar surface area (TPSA) is 442 Å². The maximum absolute atomic E-state index is 13.1. The third-order valence-corrected chi connectivity index (χ3v) is 19.9. The number of nitrogens with one attached hydrogen (secondary N) is 4. The van der Waals surface area contributed by atoms with E-state index in [4.69, 9.17) is 35.1 Å². The summed E-state index contributed by atoms with van der Waals surface area (Å²) in [6.07, 6.45) is 19.3. The number of carboxylic acid groups (broad SMARTS) is 1. The van der Waals surface area contributed by atoms with Gasteiger partial charge in [0.2, 0.25) is 17.7 Å². The molecule has 8 heterocycles. The molecule has 5 saturated heterocycles. The molecule has 114 heavy (non-hydrogen) atoms. The number of carboxylic acids is 1. The summed E-state index contributed by atoms with van der Waals surface area (Å²) in [5, 5.41) is 67.2. The van der Waals surface area contributed by atoms with Crippen molar-refractivity contribution in [2.24, 2.45) is 29.4 Å². The Morgan fingerprint density at radius 3 is 1.39 bits per heavy atom. The van der Waals surface area contributed by atoms with Crippen molar-refractivity contribution in [2.75, 3.05) is 77.9 Å². The number of fused-ring (bicyclic) bond motifs is 1. The minimum Gasteiger partial charge on any atom is -1.00 e. The standard InChI is InChI=1S/C22H28N8O2.C15H26N2O4.C11H11NO3.C10H18N2O2.C9H17NO4.C6H11NO.C3H5.CH4O.CH4.BrH.2ClH.Mg/c1-4-16(21(31)29-10-22(32,11-29)15-6-7-15)27-18-17-20(26-12-25-18)30(5-2)19(28-17)14-8-23-13(3)24-9-14;1-5-11(16-13(19)21-14(2,3)4)12(18)17-8-15(20,9-17)10-6-7-10;13-10-6-12(7-10)11(14)15-8-9-4-2-1-3-5-9;1-2-8(11)9(13)12-5-10(14,6-12)7-3-4-7;1-5-6(7(11)12)10-8(13)14-9(2,3)4;8-6(3-7-4-6)5-1-2-5;1-2-3-1;1-2;;;;;/h8-9,12,15-16,32H,4-7,10-11H2,1-3H3,(H,25,26,27);10-11,20H,5-9H2,1-4H3,(H,16,19);1-5H,6-8H2;7-8,14H,2-6,11H2,1H3;6H,5H2,1-4H3,(H,10,13)(H,11,12);5,7-8H,1-4H2;1H,2-3H2;2H,1H3;1H4;3*1H;/q;;;;;;-1;;;;;;+2/p-1/t;11-;;8-;6-;;;;;;;;/m.0.00......../s1. The number of ether oxygens (including phenoxy) is 3. The van der Waals surface area contributed by atoms with Gasteiger partial charge in [0.1, 0.15) is 70.7 Å². The quantitative estimate of drug-likeness (QED) is 0.0341. The number of benzene rings is 1. The molecule has 5 aliphatic heterocycles. The van der Waals surface area contributed by atoms with Gasteiger partial charge in [-0.15, -0.1) is 24.8 Å². The number of amides is 6. The van der Waals surface area contributed by atoms with Gasteiger partial charge in [0.15, 0.2) is 22.8 Å². The van der Waals surface area contributed by atoms with E-state index in [-0.39, 0.29) is 121 Å². The van der Waals surface area contributed by atoms with Crippen molar-refractivity contribution < 1.29 is 100 Å². The van der Waals surface area contributed by atoms with Crippen molar-refractivity contribution in [3.63, 3.8) is 0 Å². The van der Waals surface area contributed by atoms with Crippen LogP contribution in [0.5, 0.6) is 0 Å². The summed E-state index contributed by atoms with van der Waals surface area (Å²) in [6, 6.07) is 7.12. The van der Waals surface area contributed by atoms with Gasteiger partial charge < -0.3 is 115 Å². The summed E-state index contributed by atoms with van der Waals surface area (Å²) in [5.41, 5.74) is 5.22. The van der Waals surface area contributed by atoms with Crippen LogP contribution in [0.2, 0.25) is 0 Å². The molecule has 0 bridgehead atoms. The molecule has 5 saturated carbocycles. The smallest absolute Gasteiger partial charge is 1.00 e. The van der Waals surface area contributed by atoms with E-state index in [0.29, 0.717) is 124 Å². The number of imidazole rings is 1. The SMILES string of the molecule is C.CCC(Nc1ncnc2c1nc(-c1cnc(C)nc1)n2CC)C(=O)N1CC(O)(C2CC2)C1.CC[C@H](N)C(=O)N1CC(O)(C2CC2)C1.CC[C@H](NC(=O)OC(C)(C)C)C(=O)N1CC(O)(C2CC2)C1.CC[C@H](NC(=O)OC(C)(C)C)C(=O)O.CO.Cl.Cl.O=C1CN(C(=O)OCc2ccccc2)C1.OC1(C2CC2)CNC1.[Br-].[CH-]1CC1.[Mg+2]. The van der Waals surface area contributed by atoms with Crippen molar-refractivity contribution >= 4 is 113 Å². The first-order valence-electron chi connectivity index (χ1n) is 38.4. The van der Waals surface area contributed by atoms with Gasteiger partial charge in [-0.05, 0) is 162 Å². The van der Waals surface area contributed by atoms with Crippen molar-refractivity contribution in [1.82, 2.24) is 65.0 Å². The molecule has 32 nitrogen and oxygen atoms in total. The molecule has 14 rings (SSSR count). The van der Waals surface area contributed by atoms with E-state index >= 15 is 0 Å². The van der Waals surface area contributed by atoms with E-state index < -0.39 is 76.4 Å². The molecule has 36 heteroatoms. The van der Waals surface area contributed by atoms with Gasteiger partial charge in [0.05, 0.1) is 69.6 Å². The Balaban J connectivity index is 0.000000475. The molecule has 0 radical (unpaired) electrons. The van der Waals surface area contributed by atoms with Crippen molar-refractivity contribution in [3.8, 4) is 11.4 Å². The van der Waals surface area contributed by atoms with Gasteiger partial charge >= 0.3 is 47.3 Å². The molecule has 4 aromatic rings. The van der Waals surface area contributed by atoms with Crippen LogP contribution in [0.3, 0.4) is 0 Å². The second-order valence-electron chi connectivity index (χ2n) is 31.8. The number of rotatable bonds is 20. The van der Waals surface area contributed by atoms with Crippen LogP contribution in [0.15, 0.2) is 49.1 Å². The van der Waals surface area contributed by atoms with Crippen LogP contribution in [0.25, 0.3) is 22.6 Å². The number of Topliss-reactive ketones (excluding diaryl/α,β-unsaturated/α-hetero) is 1. The molecular formula is C78H126BrCl2MgN15O17. The van der Waals surface area contributed by atoms with Crippen LogP contribution >= 0.6 is 24.8 Å². The van der Waals surface area contributed by atoms with E-state index in [0.717, 1.165) is 69.9 Å². The zero-order chi connectivity index (χ0) is 80.4. The Bertz CT molecular complexity index is 3680. The molecule has 1 aromatic carbocycles. The van der Waals surface area contributed by atoms with E-state index in [9.17, 15) is 58.8 Å². The average Bonchev–Trinajstić information content (AvgIpc) is 1.48. The number of nitrogens with two attached hydrogens (primary N) is 1. The second-order valence-corrected chi connectivity index (χ2v) is 31.8. The van der Waals surface area contributed by atoms with Gasteiger partial charge in [0, 0.05) is 39.1 Å². The van der Waals surface area contributed by atoms with E-state index in [1.54, 1.807) is 75.6 Å². The molecule has 1 unspecified atom stereocenters. The Morgan fingerprint density at radius 2 is 1.04 bits per heavy atom. The number of aromatic nitrogens is 6. The van der Waals surface area contributed by atoms with Crippen molar-refractivity contribution in [3.05, 3.63) is 66.9 Å². The van der Waals surface area contributed by atoms with Crippen molar-refractivity contribution in [2.45, 2.75) is 251 Å². The number of alkyl carbamates (subject to hydrolysis) is 2. The summed E-state index contributed by atoms with van der Waals surface area (Å²) in [5.74, 6) is 2.54. The number of β-amino-alcohol motifs (C(OH)–C–C–N with tert-alkyl or cyclic N) is 4. The fourth-order valence-electron chi connectivity index (χ4n) is 12.6. The second kappa shape index (κ2) is 46.1. The van der Waals surface area contributed by atoms with E-state index in [2.05, 4.69) is 47.6 Å². The number of aliphatic carboxylic acids is 1. The first-order chi connectivity index (χ1) is 51.5. The molecular weight excluding hydrogens is 1590 g/mol. The molecule has 10 aliphatic rings. The molecule has 4 atom stereocenters. The molecule has 5 aliphatic carbocycles. The van der Waals surface area contributed by atoms with Crippen molar-refractivity contribution in [1.29, 1.82) is 0 Å². The summed E-state index contributed by atoms with van der Waals surface area (Å²) in [4.78, 5) is 121. The van der Waals surface area contributed by atoms with Gasteiger partial charge in [0.25, 0.3) is 0 Å².